The third-order valence-electron chi connectivity index (χ3n) is 4.10. The summed E-state index contributed by atoms with van der Waals surface area (Å²) in [7, 11) is 1.63. The third-order valence-corrected chi connectivity index (χ3v) is 4.10. The van der Waals surface area contributed by atoms with E-state index in [1.807, 2.05) is 43.0 Å². The highest BCUT2D eigenvalue weighted by molar-refractivity contribution is 5.78. The summed E-state index contributed by atoms with van der Waals surface area (Å²) in [5.41, 5.74) is 0.862. The molecule has 0 aliphatic carbocycles. The van der Waals surface area contributed by atoms with Crippen molar-refractivity contribution in [1.29, 1.82) is 0 Å². The highest BCUT2D eigenvalue weighted by Gasteiger charge is 2.34. The van der Waals surface area contributed by atoms with E-state index in [-0.39, 0.29) is 17.9 Å². The second kappa shape index (κ2) is 6.40. The van der Waals surface area contributed by atoms with Crippen LogP contribution in [-0.4, -0.2) is 34.6 Å². The van der Waals surface area contributed by atoms with Crippen molar-refractivity contribution >= 4 is 5.91 Å². The van der Waals surface area contributed by atoms with E-state index in [9.17, 15) is 4.79 Å². The zero-order valence-corrected chi connectivity index (χ0v) is 13.7. The van der Waals surface area contributed by atoms with Crippen LogP contribution in [0.4, 0.5) is 0 Å². The average molecular weight is 315 g/mol. The van der Waals surface area contributed by atoms with Crippen LogP contribution in [0.3, 0.4) is 0 Å². The predicted molar refractivity (Wildman–Crippen MR) is 84.8 cm³/mol. The summed E-state index contributed by atoms with van der Waals surface area (Å²) in [6.45, 7) is 4.57. The Hall–Kier alpha value is -2.37. The van der Waals surface area contributed by atoms with Gasteiger partial charge in [-0.25, -0.2) is 0 Å². The van der Waals surface area contributed by atoms with Crippen LogP contribution >= 0.6 is 0 Å². The van der Waals surface area contributed by atoms with Gasteiger partial charge in [0.2, 0.25) is 17.6 Å². The molecule has 2 aromatic rings. The maximum absolute atomic E-state index is 12.3. The van der Waals surface area contributed by atoms with Gasteiger partial charge in [0.25, 0.3) is 0 Å². The fourth-order valence-corrected chi connectivity index (χ4v) is 2.85. The zero-order chi connectivity index (χ0) is 16.4. The molecule has 0 bridgehead atoms. The summed E-state index contributed by atoms with van der Waals surface area (Å²) in [4.78, 5) is 18.7. The highest BCUT2D eigenvalue weighted by atomic mass is 16.5. The summed E-state index contributed by atoms with van der Waals surface area (Å²) in [5.74, 6) is 1.94. The zero-order valence-electron chi connectivity index (χ0n) is 13.7. The molecule has 1 atom stereocenters. The lowest BCUT2D eigenvalue weighted by atomic mass is 10.1. The van der Waals surface area contributed by atoms with E-state index in [1.54, 1.807) is 7.11 Å². The topological polar surface area (TPSA) is 68.5 Å². The normalized spacial score (nSPS) is 17.7. The minimum absolute atomic E-state index is 0.0282. The Morgan fingerprint density at radius 1 is 1.35 bits per heavy atom. The molecule has 122 valence electrons. The lowest BCUT2D eigenvalue weighted by molar-refractivity contribution is -0.135. The van der Waals surface area contributed by atoms with E-state index >= 15 is 0 Å². The van der Waals surface area contributed by atoms with Crippen molar-refractivity contribution in [3.63, 3.8) is 0 Å². The number of carbonyl (C=O) groups is 1. The molecule has 2 heterocycles. The first-order valence-electron chi connectivity index (χ1n) is 7.88. The maximum atomic E-state index is 12.3. The average Bonchev–Trinajstić information content (AvgIpc) is 3.22. The molecule has 1 fully saturated rings. The number of nitrogens with zero attached hydrogens (tertiary/aromatic N) is 3. The molecular formula is C17H21N3O3. The molecule has 1 aliphatic rings. The van der Waals surface area contributed by atoms with Crippen molar-refractivity contribution in [3.05, 3.63) is 30.2 Å². The van der Waals surface area contributed by atoms with Crippen molar-refractivity contribution in [1.82, 2.24) is 15.0 Å². The molecule has 0 spiro atoms. The van der Waals surface area contributed by atoms with E-state index in [2.05, 4.69) is 10.1 Å². The van der Waals surface area contributed by atoms with Crippen molar-refractivity contribution in [2.45, 2.75) is 32.7 Å². The quantitative estimate of drug-likeness (QED) is 0.867. The van der Waals surface area contributed by atoms with Gasteiger partial charge in [-0.15, -0.1) is 0 Å². The molecule has 23 heavy (non-hydrogen) atoms. The number of hydrogen-bond donors (Lipinski definition) is 0. The minimum Gasteiger partial charge on any atom is -0.497 e. The Morgan fingerprint density at radius 3 is 2.74 bits per heavy atom. The van der Waals surface area contributed by atoms with E-state index < -0.39 is 0 Å². The first-order valence-corrected chi connectivity index (χ1v) is 7.88. The number of hydrogen-bond acceptors (Lipinski definition) is 5. The van der Waals surface area contributed by atoms with Crippen molar-refractivity contribution < 1.29 is 14.1 Å². The second-order valence-electron chi connectivity index (χ2n) is 6.03. The summed E-state index contributed by atoms with van der Waals surface area (Å²) in [6, 6.07) is 7.38. The Kier molecular flexibility index (Phi) is 4.32. The SMILES string of the molecule is COc1ccc(-c2noc([C@H]3CCCN3C(=O)C(C)C)n2)cc1. The van der Waals surface area contributed by atoms with Crippen molar-refractivity contribution in [2.75, 3.05) is 13.7 Å². The van der Waals surface area contributed by atoms with Crippen LogP contribution < -0.4 is 4.74 Å². The Balaban J connectivity index is 1.81. The van der Waals surface area contributed by atoms with Gasteiger partial charge in [-0.3, -0.25) is 4.79 Å². The minimum atomic E-state index is -0.107. The van der Waals surface area contributed by atoms with Crippen molar-refractivity contribution in [3.8, 4) is 17.1 Å². The Bertz CT molecular complexity index is 679. The number of carbonyl (C=O) groups excluding carboxylic acids is 1. The predicted octanol–water partition coefficient (Wildman–Crippen LogP) is 3.06. The van der Waals surface area contributed by atoms with E-state index in [0.29, 0.717) is 11.7 Å². The molecule has 0 saturated carbocycles. The number of ether oxygens (including phenoxy) is 1. The standard InChI is InChI=1S/C17H21N3O3/c1-11(2)17(21)20-10-4-5-14(20)16-18-15(19-23-16)12-6-8-13(22-3)9-7-12/h6-9,11,14H,4-5,10H2,1-3H3/t14-/m1/s1. The van der Waals surface area contributed by atoms with Crippen molar-refractivity contribution in [2.24, 2.45) is 5.92 Å². The van der Waals surface area contributed by atoms with E-state index in [0.717, 1.165) is 30.7 Å². The molecule has 0 radical (unpaired) electrons. The Morgan fingerprint density at radius 2 is 2.09 bits per heavy atom. The number of aromatic nitrogens is 2. The lowest BCUT2D eigenvalue weighted by Gasteiger charge is -2.23. The molecule has 1 aromatic heterocycles. The number of methoxy groups -OCH3 is 1. The molecule has 1 aliphatic heterocycles. The van der Waals surface area contributed by atoms with Gasteiger partial charge < -0.3 is 14.2 Å². The van der Waals surface area contributed by atoms with E-state index in [4.69, 9.17) is 9.26 Å². The maximum Gasteiger partial charge on any atom is 0.249 e. The van der Waals surface area contributed by atoms with Gasteiger partial charge in [-0.2, -0.15) is 4.98 Å². The van der Waals surface area contributed by atoms with E-state index in [1.165, 1.54) is 0 Å². The molecule has 3 rings (SSSR count). The first kappa shape index (κ1) is 15.5. The monoisotopic (exact) mass is 315 g/mol. The lowest BCUT2D eigenvalue weighted by Crippen LogP contribution is -2.33. The second-order valence-corrected chi connectivity index (χ2v) is 6.03. The van der Waals surface area contributed by atoms with Gasteiger partial charge in [0, 0.05) is 18.0 Å². The molecule has 6 nitrogen and oxygen atoms in total. The van der Waals surface area contributed by atoms with Crippen LogP contribution in [0.15, 0.2) is 28.8 Å². The molecule has 0 unspecified atom stereocenters. The van der Waals surface area contributed by atoms with Gasteiger partial charge in [-0.1, -0.05) is 19.0 Å². The van der Waals surface area contributed by atoms with Gasteiger partial charge in [-0.05, 0) is 37.1 Å². The largest absolute Gasteiger partial charge is 0.497 e. The van der Waals surface area contributed by atoms with Crippen LogP contribution in [-0.2, 0) is 4.79 Å². The van der Waals surface area contributed by atoms with Crippen LogP contribution in [0, 0.1) is 5.92 Å². The molecule has 6 heteroatoms. The number of benzene rings is 1. The van der Waals surface area contributed by atoms with Gasteiger partial charge in [0.1, 0.15) is 11.8 Å². The Labute approximate surface area is 135 Å². The summed E-state index contributed by atoms with van der Waals surface area (Å²) < 4.78 is 10.6. The van der Waals surface area contributed by atoms with Crippen LogP contribution in [0.25, 0.3) is 11.4 Å². The summed E-state index contributed by atoms with van der Waals surface area (Å²) in [5, 5.41) is 4.06. The molecule has 1 aromatic carbocycles. The van der Waals surface area contributed by atoms with Crippen LogP contribution in [0.5, 0.6) is 5.75 Å². The molecule has 1 amide bonds. The van der Waals surface area contributed by atoms with Gasteiger partial charge in [0.15, 0.2) is 0 Å². The number of rotatable bonds is 4. The fourth-order valence-electron chi connectivity index (χ4n) is 2.85. The smallest absolute Gasteiger partial charge is 0.249 e. The van der Waals surface area contributed by atoms with Crippen LogP contribution in [0.1, 0.15) is 38.6 Å². The highest BCUT2D eigenvalue weighted by Crippen LogP contribution is 2.33. The number of likely N-dealkylation sites (tertiary alicyclic amines) is 1. The fraction of sp³-hybridized carbons (Fsp3) is 0.471. The summed E-state index contributed by atoms with van der Waals surface area (Å²) >= 11 is 0. The molecular weight excluding hydrogens is 294 g/mol. The third kappa shape index (κ3) is 3.06. The molecule has 0 N–H and O–H groups in total. The first-order chi connectivity index (χ1) is 11.1. The molecule has 1 saturated heterocycles. The van der Waals surface area contributed by atoms with Crippen LogP contribution in [0.2, 0.25) is 0 Å². The number of amides is 1. The van der Waals surface area contributed by atoms with Gasteiger partial charge >= 0.3 is 0 Å². The summed E-state index contributed by atoms with van der Waals surface area (Å²) in [6.07, 6.45) is 1.83. The van der Waals surface area contributed by atoms with Gasteiger partial charge in [0.05, 0.1) is 7.11 Å².